The molecule has 1 aliphatic heterocycles. The smallest absolute Gasteiger partial charge is 0.296 e. The second-order valence-electron chi connectivity index (χ2n) is 4.16. The van der Waals surface area contributed by atoms with Crippen LogP contribution in [0.5, 0.6) is 0 Å². The van der Waals surface area contributed by atoms with Crippen molar-refractivity contribution in [2.75, 3.05) is 18.0 Å². The first-order valence-electron chi connectivity index (χ1n) is 5.48. The topological polar surface area (TPSA) is 77.8 Å². The normalized spacial score (nSPS) is 18.4. The number of aliphatic hydroxyl groups is 1. The van der Waals surface area contributed by atoms with E-state index in [1.807, 2.05) is 4.90 Å². The quantitative estimate of drug-likeness (QED) is 0.769. The maximum absolute atomic E-state index is 11.2. The van der Waals surface area contributed by atoms with E-state index in [0.29, 0.717) is 31.6 Å². The van der Waals surface area contributed by atoms with Crippen LogP contribution in [0.25, 0.3) is 0 Å². The van der Waals surface area contributed by atoms with Crippen LogP contribution >= 0.6 is 0 Å². The molecule has 0 amide bonds. The van der Waals surface area contributed by atoms with E-state index in [1.165, 1.54) is 6.07 Å². The lowest BCUT2D eigenvalue weighted by molar-refractivity contribution is 0.145. The van der Waals surface area contributed by atoms with E-state index in [1.54, 1.807) is 18.2 Å². The Morgan fingerprint density at radius 2 is 1.76 bits per heavy atom. The molecule has 1 fully saturated rings. The van der Waals surface area contributed by atoms with Gasteiger partial charge in [0.05, 0.1) is 11.8 Å². The van der Waals surface area contributed by atoms with Crippen LogP contribution in [0.4, 0.5) is 5.69 Å². The van der Waals surface area contributed by atoms with Crippen LogP contribution in [0.1, 0.15) is 12.8 Å². The molecule has 6 heteroatoms. The molecular weight excluding hydrogens is 242 g/mol. The van der Waals surface area contributed by atoms with Crippen molar-refractivity contribution in [1.29, 1.82) is 0 Å². The molecule has 0 bridgehead atoms. The predicted octanol–water partition coefficient (Wildman–Crippen LogP) is 0.894. The highest BCUT2D eigenvalue weighted by Gasteiger charge is 2.23. The molecule has 2 N–H and O–H groups in total. The maximum Gasteiger partial charge on any atom is 0.296 e. The van der Waals surface area contributed by atoms with Gasteiger partial charge >= 0.3 is 0 Å². The number of anilines is 1. The summed E-state index contributed by atoms with van der Waals surface area (Å²) in [6, 6.07) is 6.36. The summed E-state index contributed by atoms with van der Waals surface area (Å²) in [6.07, 6.45) is 0.906. The molecule has 0 aromatic heterocycles. The average Bonchev–Trinajstić information content (AvgIpc) is 2.29. The summed E-state index contributed by atoms with van der Waals surface area (Å²) in [5, 5.41) is 9.41. The summed E-state index contributed by atoms with van der Waals surface area (Å²) in [5.74, 6) is 0. The van der Waals surface area contributed by atoms with Crippen LogP contribution in [-0.4, -0.2) is 37.3 Å². The third-order valence-corrected chi connectivity index (χ3v) is 3.85. The number of rotatable bonds is 2. The first kappa shape index (κ1) is 12.3. The molecule has 17 heavy (non-hydrogen) atoms. The van der Waals surface area contributed by atoms with Crippen molar-refractivity contribution in [1.82, 2.24) is 0 Å². The summed E-state index contributed by atoms with van der Waals surface area (Å²) in [4.78, 5) is 1.80. The zero-order valence-electron chi connectivity index (χ0n) is 9.28. The highest BCUT2D eigenvalue weighted by Crippen LogP contribution is 2.27. The van der Waals surface area contributed by atoms with Crippen LogP contribution in [0.2, 0.25) is 0 Å². The second-order valence-corrected chi connectivity index (χ2v) is 5.55. The summed E-state index contributed by atoms with van der Waals surface area (Å²) in [6.45, 7) is 1.18. The van der Waals surface area contributed by atoms with Crippen LogP contribution in [0, 0.1) is 0 Å². The predicted molar refractivity (Wildman–Crippen MR) is 63.7 cm³/mol. The van der Waals surface area contributed by atoms with Gasteiger partial charge in [-0.25, -0.2) is 0 Å². The van der Waals surface area contributed by atoms with Crippen molar-refractivity contribution in [2.24, 2.45) is 0 Å². The van der Waals surface area contributed by atoms with Gasteiger partial charge in [0.2, 0.25) is 0 Å². The molecule has 1 aromatic carbocycles. The highest BCUT2D eigenvalue weighted by molar-refractivity contribution is 7.86. The van der Waals surface area contributed by atoms with Gasteiger partial charge in [-0.1, -0.05) is 12.1 Å². The lowest BCUT2D eigenvalue weighted by Gasteiger charge is -2.32. The number of para-hydroxylation sites is 1. The van der Waals surface area contributed by atoms with E-state index in [0.717, 1.165) is 0 Å². The van der Waals surface area contributed by atoms with Gasteiger partial charge < -0.3 is 10.0 Å². The molecule has 0 saturated carbocycles. The fourth-order valence-corrected chi connectivity index (χ4v) is 2.76. The Labute approximate surface area is 100 Å². The molecule has 1 heterocycles. The van der Waals surface area contributed by atoms with Crippen molar-refractivity contribution in [3.63, 3.8) is 0 Å². The van der Waals surface area contributed by atoms with E-state index in [9.17, 15) is 13.5 Å². The maximum atomic E-state index is 11.2. The molecule has 0 atom stereocenters. The van der Waals surface area contributed by atoms with Crippen LogP contribution < -0.4 is 4.90 Å². The van der Waals surface area contributed by atoms with Crippen molar-refractivity contribution < 1.29 is 18.1 Å². The molecule has 94 valence electrons. The minimum Gasteiger partial charge on any atom is -0.393 e. The molecule has 2 rings (SSSR count). The van der Waals surface area contributed by atoms with Crippen LogP contribution in [0.15, 0.2) is 29.2 Å². The fraction of sp³-hybridized carbons (Fsp3) is 0.455. The first-order chi connectivity index (χ1) is 7.98. The van der Waals surface area contributed by atoms with Crippen LogP contribution in [-0.2, 0) is 10.1 Å². The molecule has 0 unspecified atom stereocenters. The van der Waals surface area contributed by atoms with Gasteiger partial charge in [0.15, 0.2) is 0 Å². The van der Waals surface area contributed by atoms with E-state index in [-0.39, 0.29) is 11.0 Å². The van der Waals surface area contributed by atoms with E-state index >= 15 is 0 Å². The monoisotopic (exact) mass is 257 g/mol. The van der Waals surface area contributed by atoms with Gasteiger partial charge in [-0.3, -0.25) is 4.55 Å². The number of benzene rings is 1. The minimum atomic E-state index is -4.20. The second kappa shape index (κ2) is 4.64. The molecular formula is C11H15NO4S. The van der Waals surface area contributed by atoms with Gasteiger partial charge in [-0.2, -0.15) is 8.42 Å². The van der Waals surface area contributed by atoms with Crippen molar-refractivity contribution in [3.8, 4) is 0 Å². The Hall–Kier alpha value is -1.11. The Morgan fingerprint density at radius 1 is 1.18 bits per heavy atom. The molecule has 5 nitrogen and oxygen atoms in total. The number of piperidine rings is 1. The molecule has 0 spiro atoms. The Kier molecular flexibility index (Phi) is 3.37. The summed E-state index contributed by atoms with van der Waals surface area (Å²) < 4.78 is 31.6. The SMILES string of the molecule is O=S(=O)(O)c1ccccc1N1CCC(O)CC1. The summed E-state index contributed by atoms with van der Waals surface area (Å²) in [7, 11) is -4.20. The number of hydrogen-bond donors (Lipinski definition) is 2. The minimum absolute atomic E-state index is 0.0728. The van der Waals surface area contributed by atoms with Crippen molar-refractivity contribution in [3.05, 3.63) is 24.3 Å². The molecule has 0 aliphatic carbocycles. The van der Waals surface area contributed by atoms with Gasteiger partial charge in [0.1, 0.15) is 4.90 Å². The Bertz CT molecular complexity index is 492. The molecule has 1 aliphatic rings. The van der Waals surface area contributed by atoms with E-state index in [4.69, 9.17) is 4.55 Å². The lowest BCUT2D eigenvalue weighted by Crippen LogP contribution is -2.36. The first-order valence-corrected chi connectivity index (χ1v) is 6.92. The Balaban J connectivity index is 2.33. The fourth-order valence-electron chi connectivity index (χ4n) is 2.04. The zero-order valence-corrected chi connectivity index (χ0v) is 10.1. The molecule has 0 radical (unpaired) electrons. The van der Waals surface area contributed by atoms with Gasteiger partial charge in [0.25, 0.3) is 10.1 Å². The van der Waals surface area contributed by atoms with E-state index < -0.39 is 10.1 Å². The lowest BCUT2D eigenvalue weighted by atomic mass is 10.1. The third kappa shape index (κ3) is 2.77. The number of aliphatic hydroxyl groups excluding tert-OH is 1. The number of hydrogen-bond acceptors (Lipinski definition) is 4. The van der Waals surface area contributed by atoms with Crippen molar-refractivity contribution in [2.45, 2.75) is 23.8 Å². The van der Waals surface area contributed by atoms with Gasteiger partial charge in [0, 0.05) is 13.1 Å². The summed E-state index contributed by atoms with van der Waals surface area (Å²) >= 11 is 0. The van der Waals surface area contributed by atoms with E-state index in [2.05, 4.69) is 0 Å². The van der Waals surface area contributed by atoms with Gasteiger partial charge in [-0.05, 0) is 25.0 Å². The Morgan fingerprint density at radius 3 is 2.35 bits per heavy atom. The van der Waals surface area contributed by atoms with Crippen molar-refractivity contribution >= 4 is 15.8 Å². The zero-order chi connectivity index (χ0) is 12.5. The largest absolute Gasteiger partial charge is 0.393 e. The standard InChI is InChI=1S/C11H15NO4S/c13-9-5-7-12(8-6-9)10-3-1-2-4-11(10)17(14,15)16/h1-4,9,13H,5-8H2,(H,14,15,16). The highest BCUT2D eigenvalue weighted by atomic mass is 32.2. The van der Waals surface area contributed by atoms with Gasteiger partial charge in [-0.15, -0.1) is 0 Å². The third-order valence-electron chi connectivity index (χ3n) is 2.95. The number of nitrogens with zero attached hydrogens (tertiary/aromatic N) is 1. The molecule has 1 saturated heterocycles. The summed E-state index contributed by atoms with van der Waals surface area (Å²) in [5.41, 5.74) is 0.502. The van der Waals surface area contributed by atoms with Crippen LogP contribution in [0.3, 0.4) is 0 Å². The molecule has 1 aromatic rings. The average molecular weight is 257 g/mol.